The Morgan fingerprint density at radius 3 is 2.67 bits per heavy atom. The molecule has 0 saturated heterocycles. The van der Waals surface area contributed by atoms with Gasteiger partial charge in [0.25, 0.3) is 0 Å². The minimum absolute atomic E-state index is 0.0913. The van der Waals surface area contributed by atoms with Crippen LogP contribution in [0.5, 0.6) is 11.5 Å². The second-order valence-electron chi connectivity index (χ2n) is 4.18. The molecule has 0 unspecified atom stereocenters. The fraction of sp³-hybridized carbons (Fsp3) is 0.538. The van der Waals surface area contributed by atoms with E-state index in [9.17, 15) is 0 Å². The molecule has 0 aliphatic carbocycles. The van der Waals surface area contributed by atoms with Crippen LogP contribution in [0.4, 0.5) is 0 Å². The van der Waals surface area contributed by atoms with Gasteiger partial charge in [0.1, 0.15) is 0 Å². The van der Waals surface area contributed by atoms with Crippen molar-refractivity contribution in [2.24, 2.45) is 0 Å². The zero-order chi connectivity index (χ0) is 13.5. The van der Waals surface area contributed by atoms with Crippen LogP contribution in [0.15, 0.2) is 16.6 Å². The number of methoxy groups -OCH3 is 1. The number of hydrogen-bond donors (Lipinski definition) is 2. The molecule has 1 aromatic rings. The number of halogens is 1. The highest BCUT2D eigenvalue weighted by Crippen LogP contribution is 2.37. The standard InChI is InChI=1S/C13H20BrNO3/c1-9(2)18-13-11(14)6-10(7-12(13)17-3)8-15-4-5-16/h6-7,9,15-16H,4-5,8H2,1-3H3. The molecular formula is C13H20BrNO3. The molecule has 0 saturated carbocycles. The van der Waals surface area contributed by atoms with Gasteiger partial charge in [-0.15, -0.1) is 0 Å². The predicted molar refractivity (Wildman–Crippen MR) is 75.3 cm³/mol. The van der Waals surface area contributed by atoms with Gasteiger partial charge < -0.3 is 19.9 Å². The number of aliphatic hydroxyl groups is 1. The molecule has 4 nitrogen and oxygen atoms in total. The highest BCUT2D eigenvalue weighted by molar-refractivity contribution is 9.10. The van der Waals surface area contributed by atoms with Crippen LogP contribution >= 0.6 is 15.9 Å². The zero-order valence-electron chi connectivity index (χ0n) is 11.0. The van der Waals surface area contributed by atoms with Gasteiger partial charge in [-0.1, -0.05) is 0 Å². The highest BCUT2D eigenvalue weighted by Gasteiger charge is 2.12. The normalized spacial score (nSPS) is 10.8. The Kier molecular flexibility index (Phi) is 6.46. The summed E-state index contributed by atoms with van der Waals surface area (Å²) >= 11 is 3.49. The monoisotopic (exact) mass is 317 g/mol. The van der Waals surface area contributed by atoms with Gasteiger partial charge in [-0.2, -0.15) is 0 Å². The molecule has 102 valence electrons. The Hall–Kier alpha value is -0.780. The van der Waals surface area contributed by atoms with E-state index >= 15 is 0 Å². The van der Waals surface area contributed by atoms with Crippen molar-refractivity contribution >= 4 is 15.9 Å². The average molecular weight is 318 g/mol. The Morgan fingerprint density at radius 1 is 1.39 bits per heavy atom. The maximum atomic E-state index is 8.73. The smallest absolute Gasteiger partial charge is 0.175 e. The van der Waals surface area contributed by atoms with Gasteiger partial charge >= 0.3 is 0 Å². The maximum Gasteiger partial charge on any atom is 0.175 e. The van der Waals surface area contributed by atoms with E-state index in [1.54, 1.807) is 7.11 Å². The van der Waals surface area contributed by atoms with Crippen molar-refractivity contribution in [3.05, 3.63) is 22.2 Å². The van der Waals surface area contributed by atoms with Gasteiger partial charge in [0, 0.05) is 13.1 Å². The van der Waals surface area contributed by atoms with E-state index < -0.39 is 0 Å². The first kappa shape index (κ1) is 15.3. The molecule has 0 fully saturated rings. The van der Waals surface area contributed by atoms with Crippen molar-refractivity contribution in [3.8, 4) is 11.5 Å². The molecule has 2 N–H and O–H groups in total. The van der Waals surface area contributed by atoms with Crippen LogP contribution < -0.4 is 14.8 Å². The van der Waals surface area contributed by atoms with Crippen LogP contribution in [-0.4, -0.2) is 31.5 Å². The summed E-state index contributed by atoms with van der Waals surface area (Å²) in [5, 5.41) is 11.8. The lowest BCUT2D eigenvalue weighted by Gasteiger charge is -2.16. The first-order chi connectivity index (χ1) is 8.58. The van der Waals surface area contributed by atoms with E-state index in [2.05, 4.69) is 21.2 Å². The predicted octanol–water partition coefficient (Wildman–Crippen LogP) is 2.33. The Bertz CT molecular complexity index is 383. The topological polar surface area (TPSA) is 50.7 Å². The molecule has 0 amide bonds. The quantitative estimate of drug-likeness (QED) is 0.758. The minimum atomic E-state index is 0.0913. The Morgan fingerprint density at radius 2 is 2.11 bits per heavy atom. The third kappa shape index (κ3) is 4.48. The van der Waals surface area contributed by atoms with Crippen LogP contribution in [0.3, 0.4) is 0 Å². The summed E-state index contributed by atoms with van der Waals surface area (Å²) in [6.45, 7) is 5.33. The summed E-state index contributed by atoms with van der Waals surface area (Å²) in [6.07, 6.45) is 0.0913. The van der Waals surface area contributed by atoms with E-state index in [1.165, 1.54) is 0 Å². The zero-order valence-corrected chi connectivity index (χ0v) is 12.6. The van der Waals surface area contributed by atoms with Crippen molar-refractivity contribution < 1.29 is 14.6 Å². The fourth-order valence-corrected chi connectivity index (χ4v) is 2.12. The molecule has 1 rings (SSSR count). The van der Waals surface area contributed by atoms with Crippen molar-refractivity contribution in [1.29, 1.82) is 0 Å². The van der Waals surface area contributed by atoms with Crippen molar-refractivity contribution in [1.82, 2.24) is 5.32 Å². The number of nitrogens with one attached hydrogen (secondary N) is 1. The molecule has 0 radical (unpaired) electrons. The van der Waals surface area contributed by atoms with Crippen molar-refractivity contribution in [2.45, 2.75) is 26.5 Å². The summed E-state index contributed by atoms with van der Waals surface area (Å²) < 4.78 is 11.9. The molecule has 0 aliphatic rings. The van der Waals surface area contributed by atoms with Gasteiger partial charge in [-0.25, -0.2) is 0 Å². The first-order valence-corrected chi connectivity index (χ1v) is 6.72. The van der Waals surface area contributed by atoms with Crippen molar-refractivity contribution in [3.63, 3.8) is 0 Å². The van der Waals surface area contributed by atoms with Crippen LogP contribution in [-0.2, 0) is 6.54 Å². The lowest BCUT2D eigenvalue weighted by atomic mass is 10.2. The van der Waals surface area contributed by atoms with E-state index in [-0.39, 0.29) is 12.7 Å². The molecule has 0 bridgehead atoms. The van der Waals surface area contributed by atoms with Gasteiger partial charge in [0.2, 0.25) is 0 Å². The molecule has 0 atom stereocenters. The number of aliphatic hydroxyl groups excluding tert-OH is 1. The number of benzene rings is 1. The van der Waals surface area contributed by atoms with E-state index in [0.717, 1.165) is 15.8 Å². The minimum Gasteiger partial charge on any atom is -0.493 e. The number of ether oxygens (including phenoxy) is 2. The van der Waals surface area contributed by atoms with E-state index in [4.69, 9.17) is 14.6 Å². The lowest BCUT2D eigenvalue weighted by Crippen LogP contribution is -2.17. The van der Waals surface area contributed by atoms with E-state index in [0.29, 0.717) is 18.8 Å². The first-order valence-electron chi connectivity index (χ1n) is 5.93. The average Bonchev–Trinajstić information content (AvgIpc) is 2.32. The van der Waals surface area contributed by atoms with Crippen LogP contribution in [0, 0.1) is 0 Å². The molecule has 0 aliphatic heterocycles. The summed E-state index contributed by atoms with van der Waals surface area (Å²) in [6, 6.07) is 3.93. The van der Waals surface area contributed by atoms with Gasteiger partial charge in [0.05, 0.1) is 24.3 Å². The van der Waals surface area contributed by atoms with Gasteiger partial charge in [-0.05, 0) is 47.5 Å². The van der Waals surface area contributed by atoms with Gasteiger partial charge in [0.15, 0.2) is 11.5 Å². The summed E-state index contributed by atoms with van der Waals surface area (Å²) in [4.78, 5) is 0. The summed E-state index contributed by atoms with van der Waals surface area (Å²) in [5.41, 5.74) is 1.07. The SMILES string of the molecule is COc1cc(CNCCO)cc(Br)c1OC(C)C. The Labute approximate surface area is 116 Å². The Balaban J connectivity index is 2.88. The maximum absolute atomic E-state index is 8.73. The molecule has 0 heterocycles. The fourth-order valence-electron chi connectivity index (χ4n) is 1.54. The van der Waals surface area contributed by atoms with Crippen LogP contribution in [0.1, 0.15) is 19.4 Å². The largest absolute Gasteiger partial charge is 0.493 e. The molecule has 0 aromatic heterocycles. The van der Waals surface area contributed by atoms with Crippen LogP contribution in [0.25, 0.3) is 0 Å². The molecule has 0 spiro atoms. The number of rotatable bonds is 7. The third-order valence-electron chi connectivity index (χ3n) is 2.26. The van der Waals surface area contributed by atoms with E-state index in [1.807, 2.05) is 26.0 Å². The summed E-state index contributed by atoms with van der Waals surface area (Å²) in [5.74, 6) is 1.43. The molecule has 18 heavy (non-hydrogen) atoms. The summed E-state index contributed by atoms with van der Waals surface area (Å²) in [7, 11) is 1.62. The van der Waals surface area contributed by atoms with Crippen LogP contribution in [0.2, 0.25) is 0 Å². The second kappa shape index (κ2) is 7.61. The third-order valence-corrected chi connectivity index (χ3v) is 2.85. The lowest BCUT2D eigenvalue weighted by molar-refractivity contribution is 0.228. The van der Waals surface area contributed by atoms with Crippen molar-refractivity contribution in [2.75, 3.05) is 20.3 Å². The number of hydrogen-bond acceptors (Lipinski definition) is 4. The molecular weight excluding hydrogens is 298 g/mol. The highest BCUT2D eigenvalue weighted by atomic mass is 79.9. The van der Waals surface area contributed by atoms with Gasteiger partial charge in [-0.3, -0.25) is 0 Å². The molecule has 5 heteroatoms. The molecule has 1 aromatic carbocycles. The second-order valence-corrected chi connectivity index (χ2v) is 5.03.